The smallest absolute Gasteiger partial charge is 0.338 e. The number of ether oxygens (including phenoxy) is 2. The van der Waals surface area contributed by atoms with E-state index in [2.05, 4.69) is 10.6 Å². The second kappa shape index (κ2) is 9.14. The first-order valence-corrected chi connectivity index (χ1v) is 10.3. The number of amides is 2. The minimum Gasteiger partial charge on any atom is -0.497 e. The Morgan fingerprint density at radius 2 is 1.96 bits per heavy atom. The summed E-state index contributed by atoms with van der Waals surface area (Å²) in [5.41, 5.74) is 1.95. The average Bonchev–Trinajstić information content (AvgIpc) is 2.68. The molecule has 1 saturated heterocycles. The summed E-state index contributed by atoms with van der Waals surface area (Å²) in [6, 6.07) is 6.51. The number of methoxy groups -OCH3 is 1. The SMILES string of the molecule is CCOC(=O)C1=C(C[NH+]2CCSCC2)NC(=O)N[C@H]1c1ccc(OC)cc1. The van der Waals surface area contributed by atoms with Crippen LogP contribution < -0.4 is 20.3 Å². The lowest BCUT2D eigenvalue weighted by Crippen LogP contribution is -3.14. The zero-order chi connectivity index (χ0) is 19.2. The molecule has 1 atom stereocenters. The van der Waals surface area contributed by atoms with Gasteiger partial charge in [0, 0.05) is 11.5 Å². The Bertz CT molecular complexity index is 714. The van der Waals surface area contributed by atoms with Crippen molar-refractivity contribution in [1.29, 1.82) is 0 Å². The van der Waals surface area contributed by atoms with Gasteiger partial charge in [0.25, 0.3) is 0 Å². The number of hydrogen-bond donors (Lipinski definition) is 3. The average molecular weight is 393 g/mol. The van der Waals surface area contributed by atoms with E-state index >= 15 is 0 Å². The Labute approximate surface area is 163 Å². The Balaban J connectivity index is 1.95. The van der Waals surface area contributed by atoms with E-state index in [0.29, 0.717) is 17.8 Å². The van der Waals surface area contributed by atoms with Gasteiger partial charge < -0.3 is 25.0 Å². The van der Waals surface area contributed by atoms with Crippen molar-refractivity contribution in [3.05, 3.63) is 41.1 Å². The number of thioether (sulfide) groups is 1. The molecule has 0 saturated carbocycles. The molecule has 0 aromatic heterocycles. The molecule has 8 heteroatoms. The number of urea groups is 1. The van der Waals surface area contributed by atoms with Crippen molar-refractivity contribution in [2.75, 3.05) is 44.9 Å². The van der Waals surface area contributed by atoms with Gasteiger partial charge in [-0.1, -0.05) is 12.1 Å². The fourth-order valence-electron chi connectivity index (χ4n) is 3.34. The van der Waals surface area contributed by atoms with Crippen LogP contribution in [0.5, 0.6) is 5.75 Å². The predicted octanol–water partition coefficient (Wildman–Crippen LogP) is 0.498. The molecule has 7 nitrogen and oxygen atoms in total. The third kappa shape index (κ3) is 4.75. The minimum atomic E-state index is -0.544. The number of hydrogen-bond acceptors (Lipinski definition) is 5. The Morgan fingerprint density at radius 3 is 2.59 bits per heavy atom. The highest BCUT2D eigenvalue weighted by Crippen LogP contribution is 2.28. The molecule has 0 aliphatic carbocycles. The van der Waals surface area contributed by atoms with Gasteiger partial charge in [-0.05, 0) is 24.6 Å². The summed E-state index contributed by atoms with van der Waals surface area (Å²) in [7, 11) is 1.60. The van der Waals surface area contributed by atoms with Gasteiger partial charge in [0.2, 0.25) is 0 Å². The van der Waals surface area contributed by atoms with Crippen molar-refractivity contribution < 1.29 is 24.0 Å². The van der Waals surface area contributed by atoms with Gasteiger partial charge in [-0.15, -0.1) is 0 Å². The summed E-state index contributed by atoms with van der Waals surface area (Å²) in [6.45, 7) is 4.70. The van der Waals surface area contributed by atoms with Crippen LogP contribution in [0.25, 0.3) is 0 Å². The number of carbonyl (C=O) groups excluding carboxylic acids is 2. The van der Waals surface area contributed by atoms with Gasteiger partial charge in [0.05, 0.1) is 44.1 Å². The number of esters is 1. The molecule has 0 spiro atoms. The van der Waals surface area contributed by atoms with Crippen molar-refractivity contribution >= 4 is 23.8 Å². The van der Waals surface area contributed by atoms with Crippen molar-refractivity contribution in [2.45, 2.75) is 13.0 Å². The second-order valence-corrected chi connectivity index (χ2v) is 7.68. The van der Waals surface area contributed by atoms with Crippen molar-refractivity contribution in [2.24, 2.45) is 0 Å². The largest absolute Gasteiger partial charge is 0.497 e. The van der Waals surface area contributed by atoms with E-state index in [-0.39, 0.29) is 12.6 Å². The maximum atomic E-state index is 12.8. The molecule has 146 valence electrons. The number of rotatable bonds is 6. The van der Waals surface area contributed by atoms with E-state index in [4.69, 9.17) is 9.47 Å². The summed E-state index contributed by atoms with van der Waals surface area (Å²) in [5.74, 6) is 2.50. The van der Waals surface area contributed by atoms with Crippen LogP contribution in [0.2, 0.25) is 0 Å². The molecule has 1 aromatic carbocycles. The zero-order valence-corrected chi connectivity index (χ0v) is 16.5. The van der Waals surface area contributed by atoms with Gasteiger partial charge in [-0.3, -0.25) is 0 Å². The third-order valence-electron chi connectivity index (χ3n) is 4.72. The lowest BCUT2D eigenvalue weighted by Gasteiger charge is -2.31. The van der Waals surface area contributed by atoms with Gasteiger partial charge in [0.1, 0.15) is 12.3 Å². The van der Waals surface area contributed by atoms with E-state index in [1.165, 1.54) is 4.90 Å². The van der Waals surface area contributed by atoms with E-state index in [1.807, 2.05) is 36.0 Å². The van der Waals surface area contributed by atoms with Crippen molar-refractivity contribution in [3.63, 3.8) is 0 Å². The molecule has 2 heterocycles. The standard InChI is InChI=1S/C19H25N3O4S/c1-3-26-18(23)16-15(12-22-8-10-27-11-9-22)20-19(24)21-17(16)13-4-6-14(25-2)7-5-13/h4-7,17H,3,8-12H2,1-2H3,(H2,20,21,24)/p+1/t17-/m0/s1. The fraction of sp³-hybridized carbons (Fsp3) is 0.474. The number of quaternary nitrogens is 1. The van der Waals surface area contributed by atoms with E-state index < -0.39 is 12.0 Å². The van der Waals surface area contributed by atoms with E-state index in [0.717, 1.165) is 35.9 Å². The molecule has 1 fully saturated rings. The van der Waals surface area contributed by atoms with Crippen LogP contribution in [-0.4, -0.2) is 56.9 Å². The first kappa shape index (κ1) is 19.6. The van der Waals surface area contributed by atoms with Gasteiger partial charge >= 0.3 is 12.0 Å². The van der Waals surface area contributed by atoms with Crippen LogP contribution in [0.4, 0.5) is 4.79 Å². The lowest BCUT2D eigenvalue weighted by molar-refractivity contribution is -0.891. The number of nitrogens with one attached hydrogen (secondary N) is 3. The van der Waals surface area contributed by atoms with Crippen LogP contribution in [0.1, 0.15) is 18.5 Å². The lowest BCUT2D eigenvalue weighted by atomic mass is 9.95. The Kier molecular flexibility index (Phi) is 6.63. The van der Waals surface area contributed by atoms with Crippen LogP contribution >= 0.6 is 11.8 Å². The van der Waals surface area contributed by atoms with E-state index in [1.54, 1.807) is 14.0 Å². The number of carbonyl (C=O) groups is 2. The zero-order valence-electron chi connectivity index (χ0n) is 15.7. The molecule has 3 N–H and O–H groups in total. The van der Waals surface area contributed by atoms with Gasteiger partial charge in [0.15, 0.2) is 0 Å². The quantitative estimate of drug-likeness (QED) is 0.615. The first-order valence-electron chi connectivity index (χ1n) is 9.15. The van der Waals surface area contributed by atoms with Crippen molar-refractivity contribution in [3.8, 4) is 5.75 Å². The van der Waals surface area contributed by atoms with Crippen LogP contribution in [0, 0.1) is 0 Å². The molecule has 2 aliphatic heterocycles. The molecule has 0 radical (unpaired) electrons. The predicted molar refractivity (Wildman–Crippen MR) is 104 cm³/mol. The highest BCUT2D eigenvalue weighted by atomic mass is 32.2. The summed E-state index contributed by atoms with van der Waals surface area (Å²) >= 11 is 1.94. The Hall–Kier alpha value is -2.19. The maximum absolute atomic E-state index is 12.8. The molecule has 27 heavy (non-hydrogen) atoms. The van der Waals surface area contributed by atoms with Crippen LogP contribution in [-0.2, 0) is 9.53 Å². The first-order chi connectivity index (χ1) is 13.1. The molecular weight excluding hydrogens is 366 g/mol. The third-order valence-corrected chi connectivity index (χ3v) is 5.71. The van der Waals surface area contributed by atoms with E-state index in [9.17, 15) is 9.59 Å². The topological polar surface area (TPSA) is 81.1 Å². The second-order valence-electron chi connectivity index (χ2n) is 6.46. The van der Waals surface area contributed by atoms with Crippen molar-refractivity contribution in [1.82, 2.24) is 10.6 Å². The van der Waals surface area contributed by atoms with Crippen LogP contribution in [0.3, 0.4) is 0 Å². The van der Waals surface area contributed by atoms with Crippen LogP contribution in [0.15, 0.2) is 35.5 Å². The molecule has 3 rings (SSSR count). The number of benzene rings is 1. The molecule has 1 aromatic rings. The molecule has 0 bridgehead atoms. The monoisotopic (exact) mass is 392 g/mol. The molecule has 2 amide bonds. The normalized spacial score (nSPS) is 20.7. The molecule has 2 aliphatic rings. The minimum absolute atomic E-state index is 0.284. The highest BCUT2D eigenvalue weighted by molar-refractivity contribution is 7.99. The summed E-state index contributed by atoms with van der Waals surface area (Å²) < 4.78 is 10.5. The fourth-order valence-corrected chi connectivity index (χ4v) is 4.41. The Morgan fingerprint density at radius 1 is 1.26 bits per heavy atom. The maximum Gasteiger partial charge on any atom is 0.338 e. The summed E-state index contributed by atoms with van der Waals surface area (Å²) in [4.78, 5) is 26.4. The summed E-state index contributed by atoms with van der Waals surface area (Å²) in [6.07, 6.45) is 0. The van der Waals surface area contributed by atoms with Gasteiger partial charge in [-0.2, -0.15) is 11.8 Å². The highest BCUT2D eigenvalue weighted by Gasteiger charge is 2.35. The molecule has 0 unspecified atom stereocenters. The van der Waals surface area contributed by atoms with Gasteiger partial charge in [-0.25, -0.2) is 9.59 Å². The molecular formula is C19H26N3O4S+. The summed E-state index contributed by atoms with van der Waals surface area (Å²) in [5, 5.41) is 5.72.